The van der Waals surface area contributed by atoms with E-state index < -0.39 is 0 Å². The molecule has 7 heteroatoms. The van der Waals surface area contributed by atoms with Gasteiger partial charge in [-0.25, -0.2) is 0 Å². The van der Waals surface area contributed by atoms with Crippen LogP contribution in [0, 0.1) is 5.92 Å². The van der Waals surface area contributed by atoms with E-state index >= 15 is 0 Å². The molecule has 0 aromatic rings. The molecule has 28 heavy (non-hydrogen) atoms. The maximum absolute atomic E-state index is 12.7. The fourth-order valence-electron chi connectivity index (χ4n) is 4.65. The molecule has 3 fully saturated rings. The quantitative estimate of drug-likeness (QED) is 0.318. The minimum absolute atomic E-state index is 0. The van der Waals surface area contributed by atoms with Gasteiger partial charge in [-0.3, -0.25) is 14.7 Å². The average Bonchev–Trinajstić information content (AvgIpc) is 3.41. The molecule has 6 nitrogen and oxygen atoms in total. The second kappa shape index (κ2) is 11.6. The molecule has 1 amide bonds. The van der Waals surface area contributed by atoms with Gasteiger partial charge in [0.15, 0.2) is 5.96 Å². The lowest BCUT2D eigenvalue weighted by molar-refractivity contribution is -0.135. The summed E-state index contributed by atoms with van der Waals surface area (Å²) in [6.07, 6.45) is 9.61. The number of nitrogens with zero attached hydrogens (tertiary/aromatic N) is 3. The first-order valence-corrected chi connectivity index (χ1v) is 11.1. The summed E-state index contributed by atoms with van der Waals surface area (Å²) in [5.74, 6) is 1.53. The van der Waals surface area contributed by atoms with Crippen LogP contribution in [0.2, 0.25) is 0 Å². The molecular formula is C21H40IN5O. The number of hydrogen-bond donors (Lipinski definition) is 2. The first kappa shape index (κ1) is 23.7. The van der Waals surface area contributed by atoms with Crippen molar-refractivity contribution in [1.82, 2.24) is 20.4 Å². The van der Waals surface area contributed by atoms with Crippen molar-refractivity contribution >= 4 is 35.8 Å². The van der Waals surface area contributed by atoms with Crippen molar-refractivity contribution in [1.29, 1.82) is 0 Å². The number of likely N-dealkylation sites (tertiary alicyclic amines) is 1. The number of amides is 1. The lowest BCUT2D eigenvalue weighted by atomic mass is 9.88. The van der Waals surface area contributed by atoms with E-state index in [1.165, 1.54) is 32.1 Å². The van der Waals surface area contributed by atoms with Crippen molar-refractivity contribution < 1.29 is 4.79 Å². The Kier molecular flexibility index (Phi) is 9.80. The zero-order valence-electron chi connectivity index (χ0n) is 18.0. The summed E-state index contributed by atoms with van der Waals surface area (Å²) >= 11 is 0. The van der Waals surface area contributed by atoms with Gasteiger partial charge < -0.3 is 15.5 Å². The summed E-state index contributed by atoms with van der Waals surface area (Å²) in [6, 6.07) is 1.70. The summed E-state index contributed by atoms with van der Waals surface area (Å²) in [5.41, 5.74) is 0. The summed E-state index contributed by atoms with van der Waals surface area (Å²) in [5, 5.41) is 6.99. The Morgan fingerprint density at radius 1 is 1.14 bits per heavy atom. The zero-order valence-corrected chi connectivity index (χ0v) is 20.3. The second-order valence-electron chi connectivity index (χ2n) is 8.81. The Hall–Kier alpha value is -0.570. The highest BCUT2D eigenvalue weighted by molar-refractivity contribution is 14.0. The van der Waals surface area contributed by atoms with E-state index in [1.807, 2.05) is 7.05 Å². The van der Waals surface area contributed by atoms with E-state index in [1.54, 1.807) is 0 Å². The fourth-order valence-corrected chi connectivity index (χ4v) is 4.65. The molecule has 0 spiro atoms. The molecule has 162 valence electrons. The molecule has 2 aliphatic carbocycles. The molecule has 0 bridgehead atoms. The third kappa shape index (κ3) is 6.75. The highest BCUT2D eigenvalue weighted by Crippen LogP contribution is 2.28. The van der Waals surface area contributed by atoms with Crippen molar-refractivity contribution in [2.24, 2.45) is 10.9 Å². The van der Waals surface area contributed by atoms with E-state index in [0.29, 0.717) is 18.0 Å². The predicted octanol–water partition coefficient (Wildman–Crippen LogP) is 2.82. The smallest absolute Gasteiger partial charge is 0.225 e. The molecule has 1 unspecified atom stereocenters. The van der Waals surface area contributed by atoms with Gasteiger partial charge >= 0.3 is 0 Å². The molecule has 2 saturated carbocycles. The van der Waals surface area contributed by atoms with Crippen molar-refractivity contribution in [2.45, 2.75) is 83.3 Å². The third-order valence-corrected chi connectivity index (χ3v) is 6.36. The van der Waals surface area contributed by atoms with Crippen LogP contribution >= 0.6 is 24.0 Å². The molecule has 3 rings (SSSR count). The standard InChI is InChI=1S/C21H39N5O.HI/c1-16(2)26(19-9-10-19)14-12-23-21(22-3)24-18-11-13-25(15-18)20(27)17-7-5-4-6-8-17;/h16-19H,4-15H2,1-3H3,(H2,22,23,24);1H. The van der Waals surface area contributed by atoms with Gasteiger partial charge in [-0.2, -0.15) is 0 Å². The molecule has 1 aliphatic heterocycles. The van der Waals surface area contributed by atoms with Crippen LogP contribution in [-0.2, 0) is 4.79 Å². The number of nitrogens with one attached hydrogen (secondary N) is 2. The number of carbonyl (C=O) groups is 1. The highest BCUT2D eigenvalue weighted by Gasteiger charge is 2.32. The normalized spacial score (nSPS) is 23.8. The van der Waals surface area contributed by atoms with E-state index in [4.69, 9.17) is 0 Å². The van der Waals surface area contributed by atoms with Gasteiger partial charge in [0.05, 0.1) is 0 Å². The number of guanidine groups is 1. The van der Waals surface area contributed by atoms with E-state index in [0.717, 1.165) is 57.4 Å². The largest absolute Gasteiger partial charge is 0.355 e. The van der Waals surface area contributed by atoms with E-state index in [-0.39, 0.29) is 29.9 Å². The summed E-state index contributed by atoms with van der Waals surface area (Å²) < 4.78 is 0. The number of aliphatic imine (C=N–C) groups is 1. The SMILES string of the molecule is CN=C(NCCN(C(C)C)C1CC1)NC1CCN(C(=O)C2CCCCC2)C1.I. The molecule has 0 aromatic heterocycles. The van der Waals surface area contributed by atoms with Crippen LogP contribution in [0.4, 0.5) is 0 Å². The molecule has 1 saturated heterocycles. The monoisotopic (exact) mass is 505 g/mol. The molecule has 1 heterocycles. The molecule has 2 N–H and O–H groups in total. The Balaban J connectivity index is 0.00000280. The van der Waals surface area contributed by atoms with Crippen molar-refractivity contribution in [3.63, 3.8) is 0 Å². The molecular weight excluding hydrogens is 465 g/mol. The van der Waals surface area contributed by atoms with Gasteiger partial charge in [0.25, 0.3) is 0 Å². The maximum atomic E-state index is 12.7. The number of hydrogen-bond acceptors (Lipinski definition) is 3. The van der Waals surface area contributed by atoms with Crippen molar-refractivity contribution in [2.75, 3.05) is 33.2 Å². The number of carbonyl (C=O) groups excluding carboxylic acids is 1. The van der Waals surface area contributed by atoms with Crippen LogP contribution in [0.1, 0.15) is 65.2 Å². The van der Waals surface area contributed by atoms with Crippen molar-refractivity contribution in [3.8, 4) is 0 Å². The Labute approximate surface area is 188 Å². The van der Waals surface area contributed by atoms with Crippen LogP contribution in [0.25, 0.3) is 0 Å². The topological polar surface area (TPSA) is 60.0 Å². The zero-order chi connectivity index (χ0) is 19.2. The van der Waals surface area contributed by atoms with Crippen LogP contribution in [0.5, 0.6) is 0 Å². The van der Waals surface area contributed by atoms with Gasteiger partial charge in [-0.1, -0.05) is 19.3 Å². The van der Waals surface area contributed by atoms with Crippen LogP contribution in [-0.4, -0.2) is 73.0 Å². The molecule has 1 atom stereocenters. The Morgan fingerprint density at radius 3 is 2.46 bits per heavy atom. The number of rotatable bonds is 7. The third-order valence-electron chi connectivity index (χ3n) is 6.36. The fraction of sp³-hybridized carbons (Fsp3) is 0.905. The first-order valence-electron chi connectivity index (χ1n) is 11.1. The lowest BCUT2D eigenvalue weighted by Gasteiger charge is -2.27. The van der Waals surface area contributed by atoms with Gasteiger partial charge in [0.2, 0.25) is 5.91 Å². The van der Waals surface area contributed by atoms with Crippen LogP contribution in [0.15, 0.2) is 4.99 Å². The Morgan fingerprint density at radius 2 is 1.86 bits per heavy atom. The minimum Gasteiger partial charge on any atom is -0.355 e. The van der Waals surface area contributed by atoms with Gasteiger partial charge in [-0.05, 0) is 46.0 Å². The minimum atomic E-state index is 0. The lowest BCUT2D eigenvalue weighted by Crippen LogP contribution is -2.48. The van der Waals surface area contributed by atoms with E-state index in [9.17, 15) is 4.79 Å². The van der Waals surface area contributed by atoms with Gasteiger partial charge in [0.1, 0.15) is 0 Å². The highest BCUT2D eigenvalue weighted by atomic mass is 127. The molecule has 3 aliphatic rings. The predicted molar refractivity (Wildman–Crippen MR) is 126 cm³/mol. The van der Waals surface area contributed by atoms with E-state index in [2.05, 4.69) is 39.3 Å². The summed E-state index contributed by atoms with van der Waals surface area (Å²) in [6.45, 7) is 8.22. The van der Waals surface area contributed by atoms with Gasteiger partial charge in [0, 0.05) is 57.3 Å². The average molecular weight is 505 g/mol. The summed E-state index contributed by atoms with van der Waals surface area (Å²) in [7, 11) is 1.83. The summed E-state index contributed by atoms with van der Waals surface area (Å²) in [4.78, 5) is 21.8. The van der Waals surface area contributed by atoms with Crippen molar-refractivity contribution in [3.05, 3.63) is 0 Å². The second-order valence-corrected chi connectivity index (χ2v) is 8.81. The van der Waals surface area contributed by atoms with Crippen LogP contribution in [0.3, 0.4) is 0 Å². The number of halogens is 1. The molecule has 0 radical (unpaired) electrons. The van der Waals surface area contributed by atoms with Gasteiger partial charge in [-0.15, -0.1) is 24.0 Å². The Bertz CT molecular complexity index is 515. The van der Waals surface area contributed by atoms with Crippen LogP contribution < -0.4 is 10.6 Å². The first-order chi connectivity index (χ1) is 13.1. The molecule has 0 aromatic carbocycles. The maximum Gasteiger partial charge on any atom is 0.225 e.